The average molecular weight is 309 g/mol. The van der Waals surface area contributed by atoms with Crippen molar-refractivity contribution in [2.75, 3.05) is 5.73 Å². The molecule has 0 aliphatic rings. The second-order valence-corrected chi connectivity index (χ2v) is 5.72. The summed E-state index contributed by atoms with van der Waals surface area (Å²) in [6.07, 6.45) is 0. The Kier molecular flexibility index (Phi) is 2.80. The third-order valence-electron chi connectivity index (χ3n) is 3.41. The quantitative estimate of drug-likeness (QED) is 0.530. The van der Waals surface area contributed by atoms with Gasteiger partial charge in [-0.1, -0.05) is 18.2 Å². The lowest BCUT2D eigenvalue weighted by Gasteiger charge is -2.04. The number of aromatic nitrogens is 4. The highest BCUT2D eigenvalue weighted by Gasteiger charge is 2.18. The summed E-state index contributed by atoms with van der Waals surface area (Å²) in [4.78, 5) is 20.5. The van der Waals surface area contributed by atoms with E-state index in [2.05, 4.69) is 20.2 Å². The number of rotatable bonds is 2. The highest BCUT2D eigenvalue weighted by molar-refractivity contribution is 7.13. The Hall–Kier alpha value is -2.93. The lowest BCUT2D eigenvalue weighted by molar-refractivity contribution is 1.11. The van der Waals surface area contributed by atoms with Gasteiger partial charge >= 0.3 is 0 Å². The van der Waals surface area contributed by atoms with Crippen LogP contribution in [0.4, 0.5) is 5.82 Å². The Morgan fingerprint density at radius 2 is 2.00 bits per heavy atom. The van der Waals surface area contributed by atoms with Crippen LogP contribution < -0.4 is 11.3 Å². The lowest BCUT2D eigenvalue weighted by atomic mass is 10.1. The fraction of sp³-hybridized carbons (Fsp3) is 0. The summed E-state index contributed by atoms with van der Waals surface area (Å²) in [6, 6.07) is 11.1. The third kappa shape index (κ3) is 1.91. The Labute approximate surface area is 128 Å². The number of nitrogen functional groups attached to an aromatic ring is 1. The van der Waals surface area contributed by atoms with Gasteiger partial charge in [-0.15, -0.1) is 11.3 Å². The number of thiophene rings is 1. The van der Waals surface area contributed by atoms with Crippen LogP contribution in [0.15, 0.2) is 46.6 Å². The van der Waals surface area contributed by atoms with Gasteiger partial charge in [0.2, 0.25) is 0 Å². The number of anilines is 1. The first-order valence-electron chi connectivity index (χ1n) is 6.61. The van der Waals surface area contributed by atoms with Crippen molar-refractivity contribution in [1.82, 2.24) is 20.2 Å². The largest absolute Gasteiger partial charge is 0.382 e. The molecule has 1 aromatic carbocycles. The molecule has 4 aromatic rings. The van der Waals surface area contributed by atoms with Crippen molar-refractivity contribution in [3.8, 4) is 22.0 Å². The van der Waals surface area contributed by atoms with Gasteiger partial charge in [0.1, 0.15) is 5.82 Å². The van der Waals surface area contributed by atoms with Crippen molar-refractivity contribution in [3.63, 3.8) is 0 Å². The first kappa shape index (κ1) is 12.8. The maximum atomic E-state index is 12.2. The van der Waals surface area contributed by atoms with Crippen LogP contribution in [0, 0.1) is 0 Å². The molecule has 0 unspecified atom stereocenters. The predicted octanol–water partition coefficient (Wildman–Crippen LogP) is 2.62. The summed E-state index contributed by atoms with van der Waals surface area (Å²) in [5, 5.41) is 9.48. The summed E-state index contributed by atoms with van der Waals surface area (Å²) >= 11 is 1.56. The Morgan fingerprint density at radius 3 is 2.82 bits per heavy atom. The summed E-state index contributed by atoms with van der Waals surface area (Å²) in [5.74, 6) is 0.722. The molecule has 3 aromatic heterocycles. The molecule has 0 atom stereocenters. The maximum Gasteiger partial charge on any atom is 0.259 e. The number of nitrogens with one attached hydrogen (secondary N) is 2. The number of benzene rings is 1. The van der Waals surface area contributed by atoms with E-state index in [0.29, 0.717) is 28.1 Å². The molecule has 4 N–H and O–H groups in total. The molecule has 0 saturated carbocycles. The summed E-state index contributed by atoms with van der Waals surface area (Å²) in [5.41, 5.74) is 7.77. The molecule has 0 saturated heterocycles. The smallest absolute Gasteiger partial charge is 0.259 e. The molecule has 0 radical (unpaired) electrons. The van der Waals surface area contributed by atoms with E-state index in [1.807, 2.05) is 29.6 Å². The molecule has 4 rings (SSSR count). The van der Waals surface area contributed by atoms with E-state index in [0.717, 1.165) is 10.6 Å². The number of hydrogen-bond donors (Lipinski definition) is 3. The van der Waals surface area contributed by atoms with E-state index in [4.69, 9.17) is 5.73 Å². The van der Waals surface area contributed by atoms with Crippen LogP contribution in [-0.2, 0) is 0 Å². The minimum absolute atomic E-state index is 0.196. The minimum Gasteiger partial charge on any atom is -0.382 e. The molecule has 108 valence electrons. The van der Waals surface area contributed by atoms with Gasteiger partial charge in [0.15, 0.2) is 5.82 Å². The van der Waals surface area contributed by atoms with Crippen LogP contribution >= 0.6 is 11.3 Å². The van der Waals surface area contributed by atoms with Crippen LogP contribution in [0.5, 0.6) is 0 Å². The predicted molar refractivity (Wildman–Crippen MR) is 87.7 cm³/mol. The summed E-state index contributed by atoms with van der Waals surface area (Å²) < 4.78 is 0. The second-order valence-electron chi connectivity index (χ2n) is 4.77. The number of nitrogens with zero attached hydrogens (tertiary/aromatic N) is 2. The zero-order valence-corrected chi connectivity index (χ0v) is 12.1. The van der Waals surface area contributed by atoms with E-state index in [9.17, 15) is 4.79 Å². The van der Waals surface area contributed by atoms with Crippen LogP contribution in [0.25, 0.3) is 32.9 Å². The highest BCUT2D eigenvalue weighted by atomic mass is 32.1. The SMILES string of the molecule is Nc1n[nH]c(-c2cccs2)c1-c1nc2ccccc2c(=O)[nH]1. The van der Waals surface area contributed by atoms with Crippen LogP contribution in [0.3, 0.4) is 0 Å². The van der Waals surface area contributed by atoms with E-state index in [-0.39, 0.29) is 5.56 Å². The number of hydrogen-bond acceptors (Lipinski definition) is 5. The first-order chi connectivity index (χ1) is 10.7. The molecule has 0 bridgehead atoms. The van der Waals surface area contributed by atoms with Crippen molar-refractivity contribution in [2.45, 2.75) is 0 Å². The third-order valence-corrected chi connectivity index (χ3v) is 4.30. The minimum atomic E-state index is -0.196. The van der Waals surface area contributed by atoms with Crippen molar-refractivity contribution in [3.05, 3.63) is 52.1 Å². The number of para-hydroxylation sites is 1. The number of fused-ring (bicyclic) bond motifs is 1. The first-order valence-corrected chi connectivity index (χ1v) is 7.49. The molecule has 22 heavy (non-hydrogen) atoms. The Bertz CT molecular complexity index is 1020. The number of aromatic amines is 2. The van der Waals surface area contributed by atoms with Crippen LogP contribution in [-0.4, -0.2) is 20.2 Å². The molecular weight excluding hydrogens is 298 g/mol. The zero-order chi connectivity index (χ0) is 15.1. The highest BCUT2D eigenvalue weighted by Crippen LogP contribution is 2.34. The number of nitrogens with two attached hydrogens (primary N) is 1. The molecule has 0 spiro atoms. The molecule has 6 nitrogen and oxygen atoms in total. The van der Waals surface area contributed by atoms with E-state index < -0.39 is 0 Å². The summed E-state index contributed by atoms with van der Waals surface area (Å²) in [6.45, 7) is 0. The van der Waals surface area contributed by atoms with Gasteiger partial charge in [-0.05, 0) is 23.6 Å². The van der Waals surface area contributed by atoms with Gasteiger partial charge in [-0.2, -0.15) is 5.10 Å². The number of H-pyrrole nitrogens is 2. The van der Waals surface area contributed by atoms with Gasteiger partial charge < -0.3 is 10.7 Å². The normalized spacial score (nSPS) is 11.1. The topological polar surface area (TPSA) is 100 Å². The molecule has 0 fully saturated rings. The fourth-order valence-electron chi connectivity index (χ4n) is 2.40. The van der Waals surface area contributed by atoms with Gasteiger partial charge in [-0.25, -0.2) is 4.98 Å². The van der Waals surface area contributed by atoms with Crippen molar-refractivity contribution in [2.24, 2.45) is 0 Å². The second kappa shape index (κ2) is 4.81. The standard InChI is InChI=1S/C15H11N5OS/c16-13-11(12(19-20-13)10-6-3-7-22-10)14-17-9-5-2-1-4-8(9)15(21)18-14/h1-7H,(H3,16,19,20)(H,17,18,21). The van der Waals surface area contributed by atoms with Gasteiger partial charge in [0.25, 0.3) is 5.56 Å². The fourth-order valence-corrected chi connectivity index (χ4v) is 3.13. The zero-order valence-electron chi connectivity index (χ0n) is 11.3. The van der Waals surface area contributed by atoms with Gasteiger partial charge in [0.05, 0.1) is 27.0 Å². The van der Waals surface area contributed by atoms with Crippen molar-refractivity contribution < 1.29 is 0 Å². The van der Waals surface area contributed by atoms with E-state index in [1.54, 1.807) is 23.5 Å². The van der Waals surface area contributed by atoms with Crippen molar-refractivity contribution >= 4 is 28.1 Å². The van der Waals surface area contributed by atoms with Gasteiger partial charge in [0, 0.05) is 0 Å². The van der Waals surface area contributed by atoms with E-state index >= 15 is 0 Å². The molecule has 0 aliphatic carbocycles. The monoisotopic (exact) mass is 309 g/mol. The Balaban J connectivity index is 2.00. The molecule has 7 heteroatoms. The van der Waals surface area contributed by atoms with E-state index in [1.165, 1.54) is 0 Å². The molecule has 0 aliphatic heterocycles. The summed E-state index contributed by atoms with van der Waals surface area (Å²) in [7, 11) is 0. The van der Waals surface area contributed by atoms with Crippen LogP contribution in [0.2, 0.25) is 0 Å². The van der Waals surface area contributed by atoms with Gasteiger partial charge in [-0.3, -0.25) is 9.89 Å². The maximum absolute atomic E-state index is 12.2. The molecular formula is C15H11N5OS. The van der Waals surface area contributed by atoms with Crippen molar-refractivity contribution in [1.29, 1.82) is 0 Å². The average Bonchev–Trinajstić information content (AvgIpc) is 3.16. The molecule has 0 amide bonds. The Morgan fingerprint density at radius 1 is 1.14 bits per heavy atom. The lowest BCUT2D eigenvalue weighted by Crippen LogP contribution is -2.10. The van der Waals surface area contributed by atoms with Crippen LogP contribution in [0.1, 0.15) is 0 Å². The molecule has 3 heterocycles.